The third-order valence-electron chi connectivity index (χ3n) is 6.89. The molecule has 1 atom stereocenters. The van der Waals surface area contributed by atoms with Crippen molar-refractivity contribution in [2.45, 2.75) is 64.3 Å². The minimum Gasteiger partial charge on any atom is -0.372 e. The standard InChI is InChI=1S/C26H34F2N6O2Si/c1-37(2,3)11-10-36-17-34-22-13-21(26(35)32-8-6-4-5-7-9-32)29-14-19(22)24(31-34)23-15-30-25-20(28)12-18(27)16-33(23)25/h12-16,26,35H,4-11,17H2,1-3H3. The predicted molar refractivity (Wildman–Crippen MR) is 141 cm³/mol. The molecule has 4 aromatic heterocycles. The molecule has 1 aliphatic rings. The highest BCUT2D eigenvalue weighted by Crippen LogP contribution is 2.31. The average molecular weight is 529 g/mol. The van der Waals surface area contributed by atoms with Crippen molar-refractivity contribution >= 4 is 24.6 Å². The molecule has 0 aliphatic carbocycles. The Kier molecular flexibility index (Phi) is 7.39. The molecule has 0 aromatic carbocycles. The second kappa shape index (κ2) is 10.6. The molecule has 0 radical (unpaired) electrons. The van der Waals surface area contributed by atoms with Crippen LogP contribution in [0.15, 0.2) is 30.7 Å². The van der Waals surface area contributed by atoms with E-state index in [9.17, 15) is 13.9 Å². The van der Waals surface area contributed by atoms with Crippen LogP contribution in [0.2, 0.25) is 25.7 Å². The smallest absolute Gasteiger partial charge is 0.173 e. The van der Waals surface area contributed by atoms with Gasteiger partial charge in [-0.1, -0.05) is 32.5 Å². The molecule has 11 heteroatoms. The van der Waals surface area contributed by atoms with Crippen LogP contribution in [0.25, 0.3) is 27.9 Å². The molecule has 37 heavy (non-hydrogen) atoms. The first kappa shape index (κ1) is 25.9. The lowest BCUT2D eigenvalue weighted by Crippen LogP contribution is -2.30. The number of halogens is 2. The van der Waals surface area contributed by atoms with E-state index in [4.69, 9.17) is 9.84 Å². The molecule has 0 spiro atoms. The molecule has 1 aliphatic heterocycles. The van der Waals surface area contributed by atoms with Crippen LogP contribution in [0, 0.1) is 11.6 Å². The first-order chi connectivity index (χ1) is 17.7. The Morgan fingerprint density at radius 3 is 2.54 bits per heavy atom. The van der Waals surface area contributed by atoms with E-state index in [2.05, 4.69) is 34.5 Å². The van der Waals surface area contributed by atoms with E-state index in [1.54, 1.807) is 10.9 Å². The lowest BCUT2D eigenvalue weighted by molar-refractivity contribution is 0.000892. The van der Waals surface area contributed by atoms with Crippen LogP contribution >= 0.6 is 0 Å². The molecule has 5 heterocycles. The van der Waals surface area contributed by atoms with E-state index in [0.717, 1.165) is 43.6 Å². The highest BCUT2D eigenvalue weighted by molar-refractivity contribution is 6.76. The Hall–Kier alpha value is -2.73. The van der Waals surface area contributed by atoms with Crippen molar-refractivity contribution in [3.8, 4) is 11.4 Å². The summed E-state index contributed by atoms with van der Waals surface area (Å²) >= 11 is 0. The number of rotatable bonds is 8. The minimum atomic E-state index is -1.26. The molecular weight excluding hydrogens is 494 g/mol. The fourth-order valence-corrected chi connectivity index (χ4v) is 5.52. The summed E-state index contributed by atoms with van der Waals surface area (Å²) in [6.07, 6.45) is 7.96. The number of hydrogen-bond donors (Lipinski definition) is 1. The summed E-state index contributed by atoms with van der Waals surface area (Å²) in [5, 5.41) is 16.6. The van der Waals surface area contributed by atoms with Crippen molar-refractivity contribution in [3.63, 3.8) is 0 Å². The third kappa shape index (κ3) is 5.59. The van der Waals surface area contributed by atoms with Crippen molar-refractivity contribution in [1.82, 2.24) is 29.0 Å². The van der Waals surface area contributed by atoms with Gasteiger partial charge >= 0.3 is 0 Å². The molecule has 5 rings (SSSR count). The Bertz CT molecular complexity index is 1390. The molecule has 0 saturated carbocycles. The summed E-state index contributed by atoms with van der Waals surface area (Å²) in [6.45, 7) is 9.36. The van der Waals surface area contributed by atoms with Gasteiger partial charge in [0.25, 0.3) is 0 Å². The van der Waals surface area contributed by atoms with Gasteiger partial charge in [-0.05, 0) is 25.0 Å². The molecule has 4 aromatic rings. The Balaban J connectivity index is 1.54. The lowest BCUT2D eigenvalue weighted by atomic mass is 10.2. The van der Waals surface area contributed by atoms with E-state index in [1.807, 2.05) is 6.07 Å². The van der Waals surface area contributed by atoms with Crippen molar-refractivity contribution in [2.24, 2.45) is 0 Å². The summed E-state index contributed by atoms with van der Waals surface area (Å²) < 4.78 is 37.5. The van der Waals surface area contributed by atoms with Gasteiger partial charge in [0.2, 0.25) is 0 Å². The summed E-state index contributed by atoms with van der Waals surface area (Å²) in [4.78, 5) is 10.8. The minimum absolute atomic E-state index is 0.0200. The maximum Gasteiger partial charge on any atom is 0.173 e. The maximum absolute atomic E-state index is 14.3. The van der Waals surface area contributed by atoms with E-state index >= 15 is 0 Å². The third-order valence-corrected chi connectivity index (χ3v) is 8.59. The summed E-state index contributed by atoms with van der Waals surface area (Å²) in [5.41, 5.74) is 2.23. The number of aromatic nitrogens is 5. The predicted octanol–water partition coefficient (Wildman–Crippen LogP) is 5.20. The van der Waals surface area contributed by atoms with Gasteiger partial charge in [0.1, 0.15) is 18.2 Å². The first-order valence-corrected chi connectivity index (χ1v) is 16.6. The Morgan fingerprint density at radius 2 is 1.81 bits per heavy atom. The molecular formula is C26H34F2N6O2Si. The van der Waals surface area contributed by atoms with Gasteiger partial charge in [-0.3, -0.25) is 14.3 Å². The van der Waals surface area contributed by atoms with Crippen molar-refractivity contribution in [1.29, 1.82) is 0 Å². The molecule has 198 valence electrons. The van der Waals surface area contributed by atoms with Gasteiger partial charge in [-0.25, -0.2) is 18.4 Å². The van der Waals surface area contributed by atoms with Crippen molar-refractivity contribution in [2.75, 3.05) is 19.7 Å². The normalized spacial score (nSPS) is 16.5. The second-order valence-electron chi connectivity index (χ2n) is 11.0. The van der Waals surface area contributed by atoms with E-state index in [-0.39, 0.29) is 12.4 Å². The van der Waals surface area contributed by atoms with Crippen molar-refractivity contribution < 1.29 is 18.6 Å². The zero-order valence-corrected chi connectivity index (χ0v) is 22.6. The summed E-state index contributed by atoms with van der Waals surface area (Å²) in [7, 11) is -1.26. The van der Waals surface area contributed by atoms with Crippen LogP contribution in [-0.2, 0) is 11.5 Å². The highest BCUT2D eigenvalue weighted by atomic mass is 28.3. The van der Waals surface area contributed by atoms with Crippen LogP contribution in [0.5, 0.6) is 0 Å². The van der Waals surface area contributed by atoms with Gasteiger partial charge in [-0.2, -0.15) is 5.10 Å². The van der Waals surface area contributed by atoms with E-state index < -0.39 is 25.9 Å². The molecule has 1 unspecified atom stereocenters. The van der Waals surface area contributed by atoms with E-state index in [0.29, 0.717) is 29.1 Å². The number of hydrogen-bond acceptors (Lipinski definition) is 6. The highest BCUT2D eigenvalue weighted by Gasteiger charge is 2.24. The summed E-state index contributed by atoms with van der Waals surface area (Å²) in [6, 6.07) is 3.67. The number of imidazole rings is 1. The maximum atomic E-state index is 14.3. The zero-order valence-electron chi connectivity index (χ0n) is 21.6. The van der Waals surface area contributed by atoms with Gasteiger partial charge in [0.15, 0.2) is 17.7 Å². The molecule has 1 N–H and O–H groups in total. The molecule has 1 fully saturated rings. The number of ether oxygens (including phenoxy) is 1. The molecule has 0 amide bonds. The monoisotopic (exact) mass is 528 g/mol. The number of nitrogens with zero attached hydrogens (tertiary/aromatic N) is 6. The number of pyridine rings is 2. The molecule has 8 nitrogen and oxygen atoms in total. The zero-order chi connectivity index (χ0) is 26.2. The number of aliphatic hydroxyl groups is 1. The topological polar surface area (TPSA) is 80.7 Å². The van der Waals surface area contributed by atoms with Gasteiger partial charge in [0.05, 0.1) is 23.1 Å². The first-order valence-electron chi connectivity index (χ1n) is 12.9. The Labute approximate surface area is 215 Å². The fraction of sp³-hybridized carbons (Fsp3) is 0.500. The van der Waals surface area contributed by atoms with Crippen LogP contribution in [-0.4, -0.2) is 61.9 Å². The van der Waals surface area contributed by atoms with Crippen LogP contribution in [0.3, 0.4) is 0 Å². The quantitative estimate of drug-likeness (QED) is 0.250. The summed E-state index contributed by atoms with van der Waals surface area (Å²) in [5.74, 6) is -1.45. The number of aliphatic hydroxyl groups excluding tert-OH is 1. The lowest BCUT2D eigenvalue weighted by Gasteiger charge is -2.25. The number of fused-ring (bicyclic) bond motifs is 2. The van der Waals surface area contributed by atoms with Crippen LogP contribution in [0.1, 0.15) is 37.6 Å². The molecule has 1 saturated heterocycles. The van der Waals surface area contributed by atoms with Gasteiger partial charge < -0.3 is 9.84 Å². The van der Waals surface area contributed by atoms with Crippen LogP contribution < -0.4 is 0 Å². The van der Waals surface area contributed by atoms with Crippen molar-refractivity contribution in [3.05, 3.63) is 48.1 Å². The Morgan fingerprint density at radius 1 is 1.05 bits per heavy atom. The average Bonchev–Trinajstić information content (AvgIpc) is 3.30. The SMILES string of the molecule is C[Si](C)(C)CCOCn1nc(-c2cnc3c(F)cc(F)cn23)c2cnc(C(O)N3CCCCCC3)cc21. The largest absolute Gasteiger partial charge is 0.372 e. The van der Waals surface area contributed by atoms with Crippen LogP contribution in [0.4, 0.5) is 8.78 Å². The number of likely N-dealkylation sites (tertiary alicyclic amines) is 1. The van der Waals surface area contributed by atoms with Gasteiger partial charge in [0, 0.05) is 51.6 Å². The fourth-order valence-electron chi connectivity index (χ4n) is 4.76. The second-order valence-corrected chi connectivity index (χ2v) is 16.6. The van der Waals surface area contributed by atoms with Gasteiger partial charge in [-0.15, -0.1) is 0 Å². The van der Waals surface area contributed by atoms with E-state index in [1.165, 1.54) is 29.6 Å². The molecule has 0 bridgehead atoms.